The van der Waals surface area contributed by atoms with Gasteiger partial charge in [-0.3, -0.25) is 0 Å². The molecule has 1 N–H and O–H groups in total. The van der Waals surface area contributed by atoms with Gasteiger partial charge in [0.15, 0.2) is 0 Å². The van der Waals surface area contributed by atoms with E-state index in [1.165, 1.54) is 16.7 Å². The quantitative estimate of drug-likeness (QED) is 0.910. The van der Waals surface area contributed by atoms with E-state index in [1.807, 2.05) is 7.05 Å². The molecule has 3 rings (SSSR count). The Morgan fingerprint density at radius 3 is 3.00 bits per heavy atom. The Labute approximate surface area is 126 Å². The lowest BCUT2D eigenvalue weighted by Crippen LogP contribution is -2.20. The molecule has 0 aliphatic carbocycles. The predicted octanol–water partition coefficient (Wildman–Crippen LogP) is 3.47. The zero-order chi connectivity index (χ0) is 14.8. The highest BCUT2D eigenvalue weighted by Crippen LogP contribution is 2.30. The minimum Gasteiger partial charge on any atom is -0.488 e. The maximum Gasteiger partial charge on any atom is 0.123 e. The summed E-state index contributed by atoms with van der Waals surface area (Å²) in [4.78, 5) is 0. The molecule has 0 radical (unpaired) electrons. The number of aryl methyl sites for hydroxylation is 1. The minimum atomic E-state index is 0.247. The Morgan fingerprint density at radius 1 is 1.38 bits per heavy atom. The second-order valence-corrected chi connectivity index (χ2v) is 5.95. The van der Waals surface area contributed by atoms with Gasteiger partial charge in [-0.05, 0) is 43.7 Å². The number of ether oxygens (including phenoxy) is 1. The highest BCUT2D eigenvalue weighted by Gasteiger charge is 2.23. The first-order chi connectivity index (χ1) is 10.2. The predicted molar refractivity (Wildman–Crippen MR) is 85.8 cm³/mol. The van der Waals surface area contributed by atoms with Crippen LogP contribution < -0.4 is 10.1 Å². The molecule has 0 fully saturated rings. The number of benzene rings is 1. The molecule has 1 aliphatic rings. The van der Waals surface area contributed by atoms with Gasteiger partial charge in [-0.15, -0.1) is 0 Å². The molecule has 3 nitrogen and oxygen atoms in total. The van der Waals surface area contributed by atoms with Crippen molar-refractivity contribution >= 4 is 0 Å². The summed E-state index contributed by atoms with van der Waals surface area (Å²) in [5, 5.41) is 3.35. The number of nitrogens with one attached hydrogen (secondary N) is 1. The zero-order valence-electron chi connectivity index (χ0n) is 13.1. The van der Waals surface area contributed by atoms with E-state index in [4.69, 9.17) is 4.74 Å². The smallest absolute Gasteiger partial charge is 0.123 e. The molecule has 0 saturated heterocycles. The summed E-state index contributed by atoms with van der Waals surface area (Å²) in [5.41, 5.74) is 4.00. The average Bonchev–Trinajstić information content (AvgIpc) is 3.07. The van der Waals surface area contributed by atoms with Crippen molar-refractivity contribution in [2.24, 2.45) is 0 Å². The molecule has 21 heavy (non-hydrogen) atoms. The zero-order valence-corrected chi connectivity index (χ0v) is 13.1. The maximum atomic E-state index is 6.05. The molecule has 1 aliphatic heterocycles. The Balaban J connectivity index is 1.66. The third kappa shape index (κ3) is 2.98. The van der Waals surface area contributed by atoms with E-state index in [0.717, 1.165) is 25.1 Å². The van der Waals surface area contributed by atoms with Crippen molar-refractivity contribution in [2.75, 3.05) is 7.05 Å². The fraction of sp³-hybridized carbons (Fsp3) is 0.444. The van der Waals surface area contributed by atoms with E-state index in [0.29, 0.717) is 6.04 Å². The van der Waals surface area contributed by atoms with E-state index < -0.39 is 0 Å². The maximum absolute atomic E-state index is 6.05. The molecule has 0 bridgehead atoms. The van der Waals surface area contributed by atoms with Crippen LogP contribution in [-0.4, -0.2) is 17.7 Å². The molecular weight excluding hydrogens is 260 g/mol. The fourth-order valence-corrected chi connectivity index (χ4v) is 3.17. The van der Waals surface area contributed by atoms with Crippen molar-refractivity contribution in [1.82, 2.24) is 9.88 Å². The summed E-state index contributed by atoms with van der Waals surface area (Å²) >= 11 is 0. The normalized spacial score (nSPS) is 18.3. The molecule has 112 valence electrons. The Morgan fingerprint density at radius 2 is 2.24 bits per heavy atom. The number of rotatable bonds is 5. The highest BCUT2D eigenvalue weighted by molar-refractivity contribution is 5.40. The summed E-state index contributed by atoms with van der Waals surface area (Å²) in [7, 11) is 2.02. The SMILES string of the molecule is CCC(NC)c1ccn(CC2Cc3cc(C)ccc3O2)c1. The number of hydrogen-bond acceptors (Lipinski definition) is 2. The second kappa shape index (κ2) is 5.94. The summed E-state index contributed by atoms with van der Waals surface area (Å²) < 4.78 is 8.30. The first-order valence-corrected chi connectivity index (χ1v) is 7.78. The van der Waals surface area contributed by atoms with Crippen molar-refractivity contribution in [3.8, 4) is 5.75 Å². The lowest BCUT2D eigenvalue weighted by molar-refractivity contribution is 0.209. The van der Waals surface area contributed by atoms with Gasteiger partial charge in [-0.2, -0.15) is 0 Å². The van der Waals surface area contributed by atoms with Crippen LogP contribution in [-0.2, 0) is 13.0 Å². The van der Waals surface area contributed by atoms with Crippen LogP contribution in [0.2, 0.25) is 0 Å². The van der Waals surface area contributed by atoms with Gasteiger partial charge >= 0.3 is 0 Å². The van der Waals surface area contributed by atoms with Gasteiger partial charge in [0.1, 0.15) is 11.9 Å². The van der Waals surface area contributed by atoms with Crippen molar-refractivity contribution < 1.29 is 4.74 Å². The first kappa shape index (κ1) is 14.2. The molecule has 1 aromatic carbocycles. The Kier molecular flexibility index (Phi) is 4.02. The van der Waals surface area contributed by atoms with E-state index in [-0.39, 0.29) is 6.10 Å². The molecule has 2 atom stereocenters. The molecule has 2 unspecified atom stereocenters. The Bertz CT molecular complexity index is 613. The van der Waals surface area contributed by atoms with Crippen LogP contribution in [0.1, 0.15) is 36.1 Å². The average molecular weight is 284 g/mol. The first-order valence-electron chi connectivity index (χ1n) is 7.78. The largest absolute Gasteiger partial charge is 0.488 e. The van der Waals surface area contributed by atoms with E-state index in [2.05, 4.69) is 60.4 Å². The van der Waals surface area contributed by atoms with Gasteiger partial charge in [0.25, 0.3) is 0 Å². The van der Waals surface area contributed by atoms with Gasteiger partial charge in [-0.25, -0.2) is 0 Å². The van der Waals surface area contributed by atoms with Crippen LogP contribution in [0.4, 0.5) is 0 Å². The van der Waals surface area contributed by atoms with Gasteiger partial charge in [0, 0.05) is 24.9 Å². The van der Waals surface area contributed by atoms with Crippen LogP contribution in [0.3, 0.4) is 0 Å². The highest BCUT2D eigenvalue weighted by atomic mass is 16.5. The van der Waals surface area contributed by atoms with Crippen molar-refractivity contribution in [3.05, 3.63) is 53.3 Å². The number of nitrogens with zero attached hydrogens (tertiary/aromatic N) is 1. The monoisotopic (exact) mass is 284 g/mol. The van der Waals surface area contributed by atoms with Crippen molar-refractivity contribution in [2.45, 2.75) is 45.4 Å². The van der Waals surface area contributed by atoms with Crippen LogP contribution in [0.15, 0.2) is 36.7 Å². The summed E-state index contributed by atoms with van der Waals surface area (Å²) in [5.74, 6) is 1.06. The van der Waals surface area contributed by atoms with Gasteiger partial charge < -0.3 is 14.6 Å². The van der Waals surface area contributed by atoms with Crippen LogP contribution >= 0.6 is 0 Å². The van der Waals surface area contributed by atoms with Crippen LogP contribution in [0.5, 0.6) is 5.75 Å². The third-order valence-corrected chi connectivity index (χ3v) is 4.30. The van der Waals surface area contributed by atoms with E-state index in [9.17, 15) is 0 Å². The lowest BCUT2D eigenvalue weighted by Gasteiger charge is -2.13. The number of aromatic nitrogens is 1. The molecule has 0 amide bonds. The molecule has 3 heteroatoms. The van der Waals surface area contributed by atoms with Crippen molar-refractivity contribution in [3.63, 3.8) is 0 Å². The fourth-order valence-electron chi connectivity index (χ4n) is 3.17. The van der Waals surface area contributed by atoms with Gasteiger partial charge in [0.05, 0.1) is 6.54 Å². The summed E-state index contributed by atoms with van der Waals surface area (Å²) in [6.45, 7) is 5.25. The number of hydrogen-bond donors (Lipinski definition) is 1. The standard InChI is InChI=1S/C18H24N2O/c1-4-17(19-3)14-7-8-20(11-14)12-16-10-15-9-13(2)5-6-18(15)21-16/h5-9,11,16-17,19H,4,10,12H2,1-3H3. The minimum absolute atomic E-state index is 0.247. The molecular formula is C18H24N2O. The van der Waals surface area contributed by atoms with Gasteiger partial charge in [-0.1, -0.05) is 24.6 Å². The number of fused-ring (bicyclic) bond motifs is 1. The van der Waals surface area contributed by atoms with Crippen molar-refractivity contribution in [1.29, 1.82) is 0 Å². The Hall–Kier alpha value is -1.74. The molecule has 0 saturated carbocycles. The summed E-state index contributed by atoms with van der Waals surface area (Å²) in [6.07, 6.45) is 6.76. The topological polar surface area (TPSA) is 26.2 Å². The van der Waals surface area contributed by atoms with Gasteiger partial charge in [0.2, 0.25) is 0 Å². The lowest BCUT2D eigenvalue weighted by atomic mass is 10.1. The van der Waals surface area contributed by atoms with Crippen LogP contribution in [0, 0.1) is 6.92 Å². The van der Waals surface area contributed by atoms with Crippen LogP contribution in [0.25, 0.3) is 0 Å². The van der Waals surface area contributed by atoms with E-state index >= 15 is 0 Å². The summed E-state index contributed by atoms with van der Waals surface area (Å²) in [6, 6.07) is 9.10. The third-order valence-electron chi connectivity index (χ3n) is 4.30. The molecule has 2 aromatic rings. The molecule has 1 aromatic heterocycles. The molecule has 2 heterocycles. The molecule has 0 spiro atoms. The van der Waals surface area contributed by atoms with E-state index in [1.54, 1.807) is 0 Å². The second-order valence-electron chi connectivity index (χ2n) is 5.95.